The normalized spacial score (nSPS) is 14.1. The largest absolute Gasteiger partial charge is 0.368 e. The molecule has 0 spiro atoms. The van der Waals surface area contributed by atoms with E-state index in [-0.39, 0.29) is 17.8 Å². The lowest BCUT2D eigenvalue weighted by Gasteiger charge is -2.26. The number of carbonyl (C=O) groups excluding carboxylic acids is 2. The fraction of sp³-hybridized carbons (Fsp3) is 0.368. The van der Waals surface area contributed by atoms with Gasteiger partial charge in [0.25, 0.3) is 11.8 Å². The van der Waals surface area contributed by atoms with Crippen molar-refractivity contribution in [1.29, 1.82) is 0 Å². The highest BCUT2D eigenvalue weighted by atomic mass is 16.2. The first kappa shape index (κ1) is 17.8. The van der Waals surface area contributed by atoms with Crippen molar-refractivity contribution in [1.82, 2.24) is 20.2 Å². The topological polar surface area (TPSA) is 101 Å². The molecular formula is C19H23N5O2. The number of benzene rings is 1. The number of anilines is 1. The standard InChI is InChI=1S/C19H23N5O2/c1-13-16(12-22-19(20)23-13)17(25)21-11-14-5-7-15(8-6-14)18(26)24-9-3-2-4-10-24/h5-8,12H,2-4,9-11H2,1H3,(H,21,25)(H2,20,22,23). The van der Waals surface area contributed by atoms with Gasteiger partial charge in [-0.1, -0.05) is 12.1 Å². The predicted octanol–water partition coefficient (Wildman–Crippen LogP) is 1.92. The van der Waals surface area contributed by atoms with Gasteiger partial charge in [-0.3, -0.25) is 9.59 Å². The van der Waals surface area contributed by atoms with E-state index in [1.54, 1.807) is 6.92 Å². The summed E-state index contributed by atoms with van der Waals surface area (Å²) in [5, 5.41) is 2.83. The van der Waals surface area contributed by atoms with Crippen molar-refractivity contribution in [3.8, 4) is 0 Å². The van der Waals surface area contributed by atoms with Crippen LogP contribution in [0.15, 0.2) is 30.5 Å². The van der Waals surface area contributed by atoms with Gasteiger partial charge in [0.2, 0.25) is 5.95 Å². The molecule has 2 aromatic rings. The van der Waals surface area contributed by atoms with Crippen LogP contribution in [0.25, 0.3) is 0 Å². The van der Waals surface area contributed by atoms with Crippen LogP contribution >= 0.6 is 0 Å². The van der Waals surface area contributed by atoms with E-state index >= 15 is 0 Å². The van der Waals surface area contributed by atoms with Gasteiger partial charge in [-0.05, 0) is 43.9 Å². The van der Waals surface area contributed by atoms with Crippen LogP contribution in [0.4, 0.5) is 5.95 Å². The van der Waals surface area contributed by atoms with Gasteiger partial charge in [0.15, 0.2) is 0 Å². The highest BCUT2D eigenvalue weighted by Gasteiger charge is 2.18. The quantitative estimate of drug-likeness (QED) is 0.874. The minimum atomic E-state index is -0.254. The van der Waals surface area contributed by atoms with Crippen molar-refractivity contribution in [2.24, 2.45) is 0 Å². The Labute approximate surface area is 152 Å². The Kier molecular flexibility index (Phi) is 5.46. The maximum absolute atomic E-state index is 12.5. The van der Waals surface area contributed by atoms with E-state index in [0.717, 1.165) is 31.5 Å². The molecule has 0 atom stereocenters. The number of nitrogens with one attached hydrogen (secondary N) is 1. The number of nitrogens with zero attached hydrogens (tertiary/aromatic N) is 3. The van der Waals surface area contributed by atoms with E-state index < -0.39 is 0 Å². The molecule has 1 saturated heterocycles. The summed E-state index contributed by atoms with van der Waals surface area (Å²) in [6.45, 7) is 3.74. The number of hydrogen-bond donors (Lipinski definition) is 2. The zero-order valence-corrected chi connectivity index (χ0v) is 14.9. The molecule has 0 unspecified atom stereocenters. The average Bonchev–Trinajstić information content (AvgIpc) is 2.66. The maximum Gasteiger partial charge on any atom is 0.254 e. The maximum atomic E-state index is 12.5. The molecule has 1 fully saturated rings. The number of nitrogen functional groups attached to an aromatic ring is 1. The van der Waals surface area contributed by atoms with Crippen LogP contribution in [0.1, 0.15) is 51.2 Å². The second kappa shape index (κ2) is 7.95. The Morgan fingerprint density at radius 2 is 1.85 bits per heavy atom. The summed E-state index contributed by atoms with van der Waals surface area (Å²) >= 11 is 0. The van der Waals surface area contributed by atoms with Crippen molar-refractivity contribution in [3.05, 3.63) is 52.8 Å². The molecule has 0 bridgehead atoms. The minimum absolute atomic E-state index is 0.0786. The fourth-order valence-electron chi connectivity index (χ4n) is 3.03. The number of hydrogen-bond acceptors (Lipinski definition) is 5. The zero-order chi connectivity index (χ0) is 18.5. The predicted molar refractivity (Wildman–Crippen MR) is 98.5 cm³/mol. The SMILES string of the molecule is Cc1nc(N)ncc1C(=O)NCc1ccc(C(=O)N2CCCCC2)cc1. The van der Waals surface area contributed by atoms with E-state index in [2.05, 4.69) is 15.3 Å². The summed E-state index contributed by atoms with van der Waals surface area (Å²) in [5.74, 6) is -0.0288. The van der Waals surface area contributed by atoms with Gasteiger partial charge < -0.3 is 16.0 Å². The lowest BCUT2D eigenvalue weighted by atomic mass is 10.1. The molecule has 0 aliphatic carbocycles. The van der Waals surface area contributed by atoms with Gasteiger partial charge in [0.1, 0.15) is 0 Å². The summed E-state index contributed by atoms with van der Waals surface area (Å²) in [7, 11) is 0. The summed E-state index contributed by atoms with van der Waals surface area (Å²) in [6.07, 6.45) is 4.77. The van der Waals surface area contributed by atoms with Crippen LogP contribution in [-0.4, -0.2) is 39.8 Å². The molecule has 0 saturated carbocycles. The first-order valence-electron chi connectivity index (χ1n) is 8.80. The number of aryl methyl sites for hydroxylation is 1. The third-order valence-corrected chi connectivity index (χ3v) is 4.54. The number of piperidine rings is 1. The molecule has 1 aliphatic heterocycles. The van der Waals surface area contributed by atoms with Crippen LogP contribution in [0.2, 0.25) is 0 Å². The molecule has 7 heteroatoms. The lowest BCUT2D eigenvalue weighted by Crippen LogP contribution is -2.35. The zero-order valence-electron chi connectivity index (χ0n) is 14.9. The highest BCUT2D eigenvalue weighted by molar-refractivity contribution is 5.95. The van der Waals surface area contributed by atoms with E-state index in [4.69, 9.17) is 5.73 Å². The molecule has 7 nitrogen and oxygen atoms in total. The van der Waals surface area contributed by atoms with Crippen LogP contribution in [0.5, 0.6) is 0 Å². The molecule has 1 aliphatic rings. The Bertz CT molecular complexity index is 798. The summed E-state index contributed by atoms with van der Waals surface area (Å²) in [5.41, 5.74) is 8.04. The Morgan fingerprint density at radius 3 is 2.50 bits per heavy atom. The number of aromatic nitrogens is 2. The number of rotatable bonds is 4. The Morgan fingerprint density at radius 1 is 1.15 bits per heavy atom. The highest BCUT2D eigenvalue weighted by Crippen LogP contribution is 2.14. The average molecular weight is 353 g/mol. The minimum Gasteiger partial charge on any atom is -0.368 e. The van der Waals surface area contributed by atoms with Crippen molar-refractivity contribution >= 4 is 17.8 Å². The molecule has 3 rings (SSSR count). The van der Waals surface area contributed by atoms with Gasteiger partial charge in [0, 0.05) is 31.4 Å². The first-order valence-corrected chi connectivity index (χ1v) is 8.80. The monoisotopic (exact) mass is 353 g/mol. The number of likely N-dealkylation sites (tertiary alicyclic amines) is 1. The van der Waals surface area contributed by atoms with Crippen molar-refractivity contribution < 1.29 is 9.59 Å². The molecule has 26 heavy (non-hydrogen) atoms. The third kappa shape index (κ3) is 4.17. The molecular weight excluding hydrogens is 330 g/mol. The van der Waals surface area contributed by atoms with Crippen LogP contribution < -0.4 is 11.1 Å². The van der Waals surface area contributed by atoms with E-state index in [0.29, 0.717) is 23.4 Å². The third-order valence-electron chi connectivity index (χ3n) is 4.54. The van der Waals surface area contributed by atoms with Gasteiger partial charge in [-0.2, -0.15) is 0 Å². The lowest BCUT2D eigenvalue weighted by molar-refractivity contribution is 0.0724. The van der Waals surface area contributed by atoms with Crippen molar-refractivity contribution in [2.45, 2.75) is 32.7 Å². The van der Waals surface area contributed by atoms with Gasteiger partial charge in [-0.25, -0.2) is 9.97 Å². The molecule has 2 amide bonds. The summed E-state index contributed by atoms with van der Waals surface area (Å²) in [4.78, 5) is 34.4. The van der Waals surface area contributed by atoms with Gasteiger partial charge >= 0.3 is 0 Å². The van der Waals surface area contributed by atoms with Gasteiger partial charge in [0.05, 0.1) is 11.3 Å². The molecule has 3 N–H and O–H groups in total. The number of nitrogens with two attached hydrogens (primary N) is 1. The molecule has 2 heterocycles. The fourth-order valence-corrected chi connectivity index (χ4v) is 3.03. The molecule has 136 valence electrons. The summed E-state index contributed by atoms with van der Waals surface area (Å²) < 4.78 is 0. The van der Waals surface area contributed by atoms with E-state index in [9.17, 15) is 9.59 Å². The van der Waals surface area contributed by atoms with Crippen LogP contribution in [0, 0.1) is 6.92 Å². The molecule has 1 aromatic heterocycles. The Hall–Kier alpha value is -2.96. The van der Waals surface area contributed by atoms with Crippen molar-refractivity contribution in [3.63, 3.8) is 0 Å². The first-order chi connectivity index (χ1) is 12.5. The van der Waals surface area contributed by atoms with Crippen LogP contribution in [-0.2, 0) is 6.54 Å². The smallest absolute Gasteiger partial charge is 0.254 e. The second-order valence-corrected chi connectivity index (χ2v) is 6.46. The van der Waals surface area contributed by atoms with E-state index in [1.807, 2.05) is 29.2 Å². The number of amides is 2. The van der Waals surface area contributed by atoms with Gasteiger partial charge in [-0.15, -0.1) is 0 Å². The van der Waals surface area contributed by atoms with Crippen molar-refractivity contribution in [2.75, 3.05) is 18.8 Å². The van der Waals surface area contributed by atoms with Crippen LogP contribution in [0.3, 0.4) is 0 Å². The second-order valence-electron chi connectivity index (χ2n) is 6.46. The Balaban J connectivity index is 1.58. The number of carbonyl (C=O) groups is 2. The summed E-state index contributed by atoms with van der Waals surface area (Å²) in [6, 6.07) is 7.36. The molecule has 0 radical (unpaired) electrons. The molecule has 1 aromatic carbocycles. The van der Waals surface area contributed by atoms with E-state index in [1.165, 1.54) is 12.6 Å².